The van der Waals surface area contributed by atoms with Crippen molar-refractivity contribution >= 4 is 10.0 Å². The average Bonchev–Trinajstić information content (AvgIpc) is 2.98. The van der Waals surface area contributed by atoms with Gasteiger partial charge in [0, 0.05) is 30.7 Å². The fourth-order valence-corrected chi connectivity index (χ4v) is 3.17. The summed E-state index contributed by atoms with van der Waals surface area (Å²) >= 11 is 0. The van der Waals surface area contributed by atoms with Gasteiger partial charge in [0.1, 0.15) is 5.82 Å². The van der Waals surface area contributed by atoms with Crippen LogP contribution in [0.3, 0.4) is 0 Å². The predicted octanol–water partition coefficient (Wildman–Crippen LogP) is 1.42. The van der Waals surface area contributed by atoms with Crippen LogP contribution in [0.5, 0.6) is 0 Å². The highest BCUT2D eigenvalue weighted by Gasteiger charge is 2.19. The number of hydrogen-bond acceptors (Lipinski definition) is 4. The molecule has 0 aromatic carbocycles. The van der Waals surface area contributed by atoms with Crippen LogP contribution in [0.25, 0.3) is 0 Å². The topological polar surface area (TPSA) is 87.7 Å². The van der Waals surface area contributed by atoms with E-state index in [-0.39, 0.29) is 11.8 Å². The third-order valence-corrected chi connectivity index (χ3v) is 4.32. The van der Waals surface area contributed by atoms with Crippen molar-refractivity contribution < 1.29 is 8.42 Å². The number of aromatic amines is 1. The molecular formula is C13H18N4O2S. The first-order chi connectivity index (χ1) is 9.61. The monoisotopic (exact) mass is 294 g/mol. The summed E-state index contributed by atoms with van der Waals surface area (Å²) in [6, 6.07) is 5.15. The van der Waals surface area contributed by atoms with Gasteiger partial charge in [-0.2, -0.15) is 0 Å². The Labute approximate surface area is 118 Å². The van der Waals surface area contributed by atoms with Crippen LogP contribution in [0.2, 0.25) is 0 Å². The first-order valence-corrected chi connectivity index (χ1v) is 8.15. The molecule has 2 N–H and O–H groups in total. The molecular weight excluding hydrogens is 276 g/mol. The molecule has 7 heteroatoms. The quantitative estimate of drug-likeness (QED) is 0.808. The molecule has 0 saturated carbocycles. The second kappa shape index (κ2) is 6.62. The molecule has 6 nitrogen and oxygen atoms in total. The Morgan fingerprint density at radius 3 is 2.75 bits per heavy atom. The van der Waals surface area contributed by atoms with Gasteiger partial charge in [0.15, 0.2) is 0 Å². The van der Waals surface area contributed by atoms with Gasteiger partial charge in [0.2, 0.25) is 10.0 Å². The number of rotatable bonds is 7. The van der Waals surface area contributed by atoms with E-state index in [1.54, 1.807) is 24.7 Å². The van der Waals surface area contributed by atoms with Gasteiger partial charge in [-0.25, -0.2) is 18.1 Å². The van der Waals surface area contributed by atoms with Crippen LogP contribution in [0.1, 0.15) is 30.9 Å². The lowest BCUT2D eigenvalue weighted by Gasteiger charge is -2.14. The van der Waals surface area contributed by atoms with Crippen molar-refractivity contribution in [3.8, 4) is 0 Å². The van der Waals surface area contributed by atoms with Crippen LogP contribution in [0, 0.1) is 0 Å². The lowest BCUT2D eigenvalue weighted by Crippen LogP contribution is -2.31. The van der Waals surface area contributed by atoms with Crippen LogP contribution in [0.15, 0.2) is 36.8 Å². The van der Waals surface area contributed by atoms with E-state index in [9.17, 15) is 8.42 Å². The molecule has 0 saturated heterocycles. The second-order valence-electron chi connectivity index (χ2n) is 4.44. The maximum Gasteiger partial charge on any atom is 0.212 e. The van der Waals surface area contributed by atoms with E-state index >= 15 is 0 Å². The van der Waals surface area contributed by atoms with Crippen molar-refractivity contribution in [1.82, 2.24) is 19.7 Å². The van der Waals surface area contributed by atoms with Gasteiger partial charge in [-0.3, -0.25) is 4.98 Å². The number of aromatic nitrogens is 3. The summed E-state index contributed by atoms with van der Waals surface area (Å²) in [4.78, 5) is 11.1. The number of H-pyrrole nitrogens is 1. The third kappa shape index (κ3) is 4.14. The molecule has 2 aromatic heterocycles. The number of aryl methyl sites for hydroxylation is 1. The maximum absolute atomic E-state index is 12.1. The van der Waals surface area contributed by atoms with E-state index in [1.807, 2.05) is 19.1 Å². The zero-order chi connectivity index (χ0) is 14.4. The maximum atomic E-state index is 12.1. The molecule has 0 aliphatic carbocycles. The Morgan fingerprint density at radius 2 is 2.15 bits per heavy atom. The smallest absolute Gasteiger partial charge is 0.212 e. The molecule has 0 radical (unpaired) electrons. The lowest BCUT2D eigenvalue weighted by molar-refractivity contribution is 0.538. The highest BCUT2D eigenvalue weighted by Crippen LogP contribution is 2.13. The molecule has 0 fully saturated rings. The summed E-state index contributed by atoms with van der Waals surface area (Å²) < 4.78 is 26.8. The number of pyridine rings is 1. The number of hydrogen-bond donors (Lipinski definition) is 2. The summed E-state index contributed by atoms with van der Waals surface area (Å²) in [6.07, 6.45) is 5.98. The van der Waals surface area contributed by atoms with E-state index in [0.29, 0.717) is 18.7 Å². The van der Waals surface area contributed by atoms with E-state index < -0.39 is 10.0 Å². The Hall–Kier alpha value is -1.73. The Morgan fingerprint density at radius 1 is 1.30 bits per heavy atom. The van der Waals surface area contributed by atoms with Gasteiger partial charge < -0.3 is 4.98 Å². The molecule has 0 amide bonds. The van der Waals surface area contributed by atoms with Gasteiger partial charge >= 0.3 is 0 Å². The summed E-state index contributed by atoms with van der Waals surface area (Å²) in [7, 11) is -3.37. The van der Waals surface area contributed by atoms with E-state index in [1.165, 1.54) is 0 Å². The summed E-state index contributed by atoms with van der Waals surface area (Å²) in [5, 5.41) is 0. The summed E-state index contributed by atoms with van der Waals surface area (Å²) in [5.74, 6) is 0.648. The molecule has 0 bridgehead atoms. The largest absolute Gasteiger partial charge is 0.347 e. The molecule has 0 spiro atoms. The van der Waals surface area contributed by atoms with E-state index in [0.717, 1.165) is 5.69 Å². The van der Waals surface area contributed by atoms with Crippen molar-refractivity contribution in [2.24, 2.45) is 0 Å². The zero-order valence-electron chi connectivity index (χ0n) is 11.3. The van der Waals surface area contributed by atoms with Gasteiger partial charge in [-0.1, -0.05) is 13.0 Å². The highest BCUT2D eigenvalue weighted by molar-refractivity contribution is 7.89. The van der Waals surface area contributed by atoms with Crippen molar-refractivity contribution in [3.05, 3.63) is 48.3 Å². The number of nitrogens with one attached hydrogen (secondary N) is 2. The molecule has 1 atom stereocenters. The molecule has 2 aromatic rings. The van der Waals surface area contributed by atoms with Gasteiger partial charge in [-0.15, -0.1) is 0 Å². The average molecular weight is 294 g/mol. The fraction of sp³-hybridized carbons (Fsp3) is 0.385. The van der Waals surface area contributed by atoms with Crippen LogP contribution >= 0.6 is 0 Å². The normalized spacial score (nSPS) is 13.2. The van der Waals surface area contributed by atoms with Crippen molar-refractivity contribution in [2.45, 2.75) is 25.8 Å². The van der Waals surface area contributed by atoms with Crippen LogP contribution < -0.4 is 4.72 Å². The molecule has 2 heterocycles. The second-order valence-corrected chi connectivity index (χ2v) is 6.32. The summed E-state index contributed by atoms with van der Waals surface area (Å²) in [6.45, 7) is 1.91. The van der Waals surface area contributed by atoms with E-state index in [2.05, 4.69) is 19.7 Å². The standard InChI is InChI=1S/C13H18N4O2S/c1-2-12(13-15-8-9-16-13)17-20(18,19)10-6-11-5-3-4-7-14-11/h3-5,7-9,12,17H,2,6,10H2,1H3,(H,15,16). The van der Waals surface area contributed by atoms with Gasteiger partial charge in [0.25, 0.3) is 0 Å². The summed E-state index contributed by atoms with van der Waals surface area (Å²) in [5.41, 5.74) is 0.768. The molecule has 108 valence electrons. The molecule has 1 unspecified atom stereocenters. The van der Waals surface area contributed by atoms with Crippen molar-refractivity contribution in [1.29, 1.82) is 0 Å². The lowest BCUT2D eigenvalue weighted by atomic mass is 10.2. The Bertz CT molecular complexity index is 611. The van der Waals surface area contributed by atoms with Crippen LogP contribution in [0.4, 0.5) is 0 Å². The Balaban J connectivity index is 1.96. The van der Waals surface area contributed by atoms with Crippen LogP contribution in [-0.2, 0) is 16.4 Å². The van der Waals surface area contributed by atoms with Crippen molar-refractivity contribution in [3.63, 3.8) is 0 Å². The van der Waals surface area contributed by atoms with Gasteiger partial charge in [-0.05, 0) is 18.6 Å². The molecule has 2 rings (SSSR count). The highest BCUT2D eigenvalue weighted by atomic mass is 32.2. The molecule has 20 heavy (non-hydrogen) atoms. The van der Waals surface area contributed by atoms with Crippen LogP contribution in [-0.4, -0.2) is 29.1 Å². The fourth-order valence-electron chi connectivity index (χ4n) is 1.86. The minimum atomic E-state index is -3.37. The zero-order valence-corrected chi connectivity index (χ0v) is 12.1. The van der Waals surface area contributed by atoms with Crippen molar-refractivity contribution in [2.75, 3.05) is 5.75 Å². The number of imidazole rings is 1. The van der Waals surface area contributed by atoms with E-state index in [4.69, 9.17) is 0 Å². The first-order valence-electron chi connectivity index (χ1n) is 6.50. The molecule has 0 aliphatic rings. The predicted molar refractivity (Wildman–Crippen MR) is 76.5 cm³/mol. The van der Waals surface area contributed by atoms with Gasteiger partial charge in [0.05, 0.1) is 11.8 Å². The minimum absolute atomic E-state index is 0.0151. The SMILES string of the molecule is CCC(NS(=O)(=O)CCc1ccccn1)c1ncc[nH]1. The minimum Gasteiger partial charge on any atom is -0.347 e. The number of sulfonamides is 1. The number of nitrogens with zero attached hydrogens (tertiary/aromatic N) is 2. The first kappa shape index (κ1) is 14.7. The Kier molecular flexibility index (Phi) is 4.86. The third-order valence-electron chi connectivity index (χ3n) is 2.93. The molecule has 0 aliphatic heterocycles.